The number of morpholine rings is 1. The highest BCUT2D eigenvalue weighted by Crippen LogP contribution is 2.36. The molecule has 27 heavy (non-hydrogen) atoms. The predicted molar refractivity (Wildman–Crippen MR) is 101 cm³/mol. The molecule has 0 radical (unpaired) electrons. The fraction of sp³-hybridized carbons (Fsp3) is 0.421. The number of nitrogens with zero attached hydrogens (tertiary/aromatic N) is 1. The molecule has 0 atom stereocenters. The molecule has 1 fully saturated rings. The van der Waals surface area contributed by atoms with Crippen molar-refractivity contribution in [3.05, 3.63) is 45.1 Å². The lowest BCUT2D eigenvalue weighted by molar-refractivity contribution is -0.137. The van der Waals surface area contributed by atoms with Crippen LogP contribution in [0.2, 0.25) is 0 Å². The van der Waals surface area contributed by atoms with Crippen molar-refractivity contribution >= 4 is 28.6 Å². The number of ether oxygens (including phenoxy) is 1. The van der Waals surface area contributed by atoms with Crippen LogP contribution in [0.1, 0.15) is 32.6 Å². The molecule has 0 aliphatic carbocycles. The van der Waals surface area contributed by atoms with Gasteiger partial charge >= 0.3 is 6.18 Å². The van der Waals surface area contributed by atoms with Crippen LogP contribution in [0.15, 0.2) is 24.3 Å². The van der Waals surface area contributed by atoms with E-state index in [0.717, 1.165) is 29.0 Å². The molecule has 1 aromatic heterocycles. The molecule has 2 heterocycles. The molecule has 4 nitrogen and oxygen atoms in total. The largest absolute Gasteiger partial charge is 0.416 e. The van der Waals surface area contributed by atoms with E-state index >= 15 is 0 Å². The van der Waals surface area contributed by atoms with E-state index in [2.05, 4.69) is 5.32 Å². The summed E-state index contributed by atoms with van der Waals surface area (Å²) in [5.41, 5.74) is 1.03. The van der Waals surface area contributed by atoms with Gasteiger partial charge < -0.3 is 15.0 Å². The summed E-state index contributed by atoms with van der Waals surface area (Å²) in [6.45, 7) is 6.05. The molecule has 146 valence electrons. The maximum Gasteiger partial charge on any atom is 0.416 e. The molecule has 1 aliphatic heterocycles. The third kappa shape index (κ3) is 4.44. The highest BCUT2D eigenvalue weighted by Gasteiger charge is 2.32. The Kier molecular flexibility index (Phi) is 5.76. The first-order valence-electron chi connectivity index (χ1n) is 8.74. The number of benzene rings is 1. The zero-order chi connectivity index (χ0) is 19.6. The number of anilines is 2. The van der Waals surface area contributed by atoms with Crippen molar-refractivity contribution in [2.75, 3.05) is 36.5 Å². The first-order valence-corrected chi connectivity index (χ1v) is 9.56. The number of amides is 1. The first-order chi connectivity index (χ1) is 12.8. The molecule has 3 rings (SSSR count). The van der Waals surface area contributed by atoms with Crippen LogP contribution < -0.4 is 10.2 Å². The Morgan fingerprint density at radius 1 is 1.26 bits per heavy atom. The van der Waals surface area contributed by atoms with Crippen LogP contribution in [-0.2, 0) is 17.3 Å². The van der Waals surface area contributed by atoms with Gasteiger partial charge in [-0.1, -0.05) is 6.92 Å². The smallest absolute Gasteiger partial charge is 0.378 e. The van der Waals surface area contributed by atoms with E-state index in [0.29, 0.717) is 36.9 Å². The minimum Gasteiger partial charge on any atom is -0.378 e. The second kappa shape index (κ2) is 7.90. The van der Waals surface area contributed by atoms with Gasteiger partial charge in [0, 0.05) is 18.0 Å². The lowest BCUT2D eigenvalue weighted by atomic mass is 10.1. The Balaban J connectivity index is 1.93. The molecule has 1 aliphatic rings. The fourth-order valence-corrected chi connectivity index (χ4v) is 4.07. The summed E-state index contributed by atoms with van der Waals surface area (Å²) in [5, 5.41) is 2.69. The average molecular weight is 398 g/mol. The number of hydrogen-bond donors (Lipinski definition) is 1. The molecule has 0 saturated carbocycles. The van der Waals surface area contributed by atoms with Gasteiger partial charge in [0.05, 0.1) is 35.0 Å². The van der Waals surface area contributed by atoms with Crippen molar-refractivity contribution in [1.29, 1.82) is 0 Å². The number of halogens is 3. The summed E-state index contributed by atoms with van der Waals surface area (Å²) in [6, 6.07) is 5.27. The Morgan fingerprint density at radius 3 is 2.56 bits per heavy atom. The number of hydrogen-bond acceptors (Lipinski definition) is 4. The minimum atomic E-state index is -4.47. The predicted octanol–water partition coefficient (Wildman–Crippen LogP) is 4.73. The molecular weight excluding hydrogens is 377 g/mol. The quantitative estimate of drug-likeness (QED) is 0.810. The van der Waals surface area contributed by atoms with Crippen molar-refractivity contribution in [1.82, 2.24) is 0 Å². The molecule has 0 unspecified atom stereocenters. The number of aryl methyl sites for hydroxylation is 2. The Bertz CT molecular complexity index is 827. The maximum absolute atomic E-state index is 13.2. The van der Waals surface area contributed by atoms with Crippen LogP contribution in [-0.4, -0.2) is 32.2 Å². The van der Waals surface area contributed by atoms with Crippen LogP contribution in [0.5, 0.6) is 0 Å². The van der Waals surface area contributed by atoms with Gasteiger partial charge in [0.1, 0.15) is 0 Å². The van der Waals surface area contributed by atoms with E-state index in [1.165, 1.54) is 17.4 Å². The van der Waals surface area contributed by atoms with E-state index in [-0.39, 0.29) is 5.69 Å². The number of nitrogens with one attached hydrogen (secondary N) is 1. The van der Waals surface area contributed by atoms with E-state index in [1.807, 2.05) is 18.7 Å². The molecule has 0 spiro atoms. The third-order valence-corrected chi connectivity index (χ3v) is 5.64. The van der Waals surface area contributed by atoms with Crippen molar-refractivity contribution in [2.45, 2.75) is 26.4 Å². The molecule has 1 amide bonds. The second-order valence-electron chi connectivity index (χ2n) is 6.33. The zero-order valence-electron chi connectivity index (χ0n) is 15.2. The van der Waals surface area contributed by atoms with Crippen molar-refractivity contribution in [3.63, 3.8) is 0 Å². The van der Waals surface area contributed by atoms with Crippen LogP contribution in [0.4, 0.5) is 24.5 Å². The van der Waals surface area contributed by atoms with Gasteiger partial charge in [-0.3, -0.25) is 4.79 Å². The van der Waals surface area contributed by atoms with Crippen molar-refractivity contribution in [3.8, 4) is 0 Å². The number of alkyl halides is 3. The van der Waals surface area contributed by atoms with E-state index in [9.17, 15) is 18.0 Å². The molecule has 1 saturated heterocycles. The van der Waals surface area contributed by atoms with Crippen LogP contribution in [0.25, 0.3) is 0 Å². The Morgan fingerprint density at radius 2 is 1.96 bits per heavy atom. The van der Waals surface area contributed by atoms with Crippen LogP contribution in [0.3, 0.4) is 0 Å². The number of rotatable bonds is 4. The van der Waals surface area contributed by atoms with Gasteiger partial charge in [0.25, 0.3) is 5.91 Å². The zero-order valence-corrected chi connectivity index (χ0v) is 16.0. The minimum absolute atomic E-state index is 0.167. The lowest BCUT2D eigenvalue weighted by Gasteiger charge is -2.31. The van der Waals surface area contributed by atoms with Gasteiger partial charge in [-0.2, -0.15) is 13.2 Å². The van der Waals surface area contributed by atoms with Gasteiger partial charge in [-0.15, -0.1) is 11.3 Å². The van der Waals surface area contributed by atoms with E-state index in [1.54, 1.807) is 6.07 Å². The molecule has 8 heteroatoms. The second-order valence-corrected chi connectivity index (χ2v) is 7.59. The van der Waals surface area contributed by atoms with Crippen LogP contribution >= 0.6 is 11.3 Å². The maximum atomic E-state index is 13.2. The SMILES string of the molecule is CCc1cc(C(=O)Nc2cc(C(F)(F)F)ccc2N2CCOCC2)sc1C. The normalized spacial score (nSPS) is 15.1. The lowest BCUT2D eigenvalue weighted by Crippen LogP contribution is -2.36. The van der Waals surface area contributed by atoms with E-state index in [4.69, 9.17) is 4.74 Å². The summed E-state index contributed by atoms with van der Waals surface area (Å²) < 4.78 is 44.8. The first kappa shape index (κ1) is 19.7. The van der Waals surface area contributed by atoms with Crippen LogP contribution in [0, 0.1) is 6.92 Å². The fourth-order valence-electron chi connectivity index (χ4n) is 3.06. The number of thiophene rings is 1. The molecular formula is C19H21F3N2O2S. The summed E-state index contributed by atoms with van der Waals surface area (Å²) in [6.07, 6.45) is -3.67. The molecule has 1 aromatic carbocycles. The number of carbonyl (C=O) groups is 1. The summed E-state index contributed by atoms with van der Waals surface area (Å²) >= 11 is 1.35. The standard InChI is InChI=1S/C19H21F3N2O2S/c1-3-13-10-17(27-12(13)2)18(25)23-15-11-14(19(20,21)22)4-5-16(15)24-6-8-26-9-7-24/h4-5,10-11H,3,6-9H2,1-2H3,(H,23,25). The highest BCUT2D eigenvalue weighted by molar-refractivity contribution is 7.14. The Hall–Kier alpha value is -2.06. The summed E-state index contributed by atoms with van der Waals surface area (Å²) in [7, 11) is 0. The van der Waals surface area contributed by atoms with Gasteiger partial charge in [0.2, 0.25) is 0 Å². The summed E-state index contributed by atoms with van der Waals surface area (Å²) in [4.78, 5) is 16.1. The topological polar surface area (TPSA) is 41.6 Å². The molecule has 1 N–H and O–H groups in total. The highest BCUT2D eigenvalue weighted by atomic mass is 32.1. The summed E-state index contributed by atoms with van der Waals surface area (Å²) in [5.74, 6) is -0.392. The van der Waals surface area contributed by atoms with Crippen molar-refractivity contribution in [2.24, 2.45) is 0 Å². The van der Waals surface area contributed by atoms with Crippen molar-refractivity contribution < 1.29 is 22.7 Å². The van der Waals surface area contributed by atoms with E-state index < -0.39 is 17.6 Å². The number of carbonyl (C=O) groups excluding carboxylic acids is 1. The average Bonchev–Trinajstić information content (AvgIpc) is 3.02. The van der Waals surface area contributed by atoms with Gasteiger partial charge in [0.15, 0.2) is 0 Å². The van der Waals surface area contributed by atoms with Gasteiger partial charge in [-0.05, 0) is 43.2 Å². The molecule has 0 bridgehead atoms. The van der Waals surface area contributed by atoms with Gasteiger partial charge in [-0.25, -0.2) is 0 Å². The monoisotopic (exact) mass is 398 g/mol. The third-order valence-electron chi connectivity index (χ3n) is 4.55. The molecule has 2 aromatic rings. The Labute approximate surface area is 159 Å².